The van der Waals surface area contributed by atoms with Gasteiger partial charge in [0.2, 0.25) is 0 Å². The van der Waals surface area contributed by atoms with E-state index in [0.29, 0.717) is 0 Å². The summed E-state index contributed by atoms with van der Waals surface area (Å²) in [5.41, 5.74) is 8.42. The molecule has 0 amide bonds. The molecular weight excluding hydrogens is 606 g/mol. The number of hydrogen-bond donors (Lipinski definition) is 2. The Hall–Kier alpha value is -5.61. The van der Waals surface area contributed by atoms with E-state index >= 15 is 0 Å². The van der Waals surface area contributed by atoms with Crippen molar-refractivity contribution in [1.29, 1.82) is 0 Å². The van der Waals surface area contributed by atoms with Crippen LogP contribution in [0, 0.1) is 0 Å². The quantitative estimate of drug-likeness (QED) is 0.213. The van der Waals surface area contributed by atoms with E-state index < -0.39 is 0 Å². The summed E-state index contributed by atoms with van der Waals surface area (Å²) in [5.74, 6) is 0.498. The lowest BCUT2D eigenvalue weighted by atomic mass is 10.0. The SMILES string of the molecule is Oc1ccc(-c2cnc3c(-c4cccc5ncccc45)cnn3c2)cc1.Oc1ccc(-c2cnc3c(Br)cnn3c2)cc1. The third-order valence-electron chi connectivity index (χ3n) is 7.01. The van der Waals surface area contributed by atoms with Gasteiger partial charge in [0.25, 0.3) is 0 Å². The Balaban J connectivity index is 0.000000153. The highest BCUT2D eigenvalue weighted by Gasteiger charge is 2.12. The second-order valence-electron chi connectivity index (χ2n) is 9.74. The molecule has 0 aliphatic carbocycles. The predicted octanol–water partition coefficient (Wildman–Crippen LogP) is 7.18. The molecule has 0 fully saturated rings. The van der Waals surface area contributed by atoms with Crippen molar-refractivity contribution in [2.45, 2.75) is 0 Å². The van der Waals surface area contributed by atoms with Gasteiger partial charge in [-0.1, -0.05) is 42.5 Å². The van der Waals surface area contributed by atoms with Crippen LogP contribution in [0.3, 0.4) is 0 Å². The fraction of sp³-hybridized carbons (Fsp3) is 0. The third kappa shape index (κ3) is 5.15. The van der Waals surface area contributed by atoms with E-state index in [1.165, 1.54) is 0 Å². The number of rotatable bonds is 3. The first-order valence-electron chi connectivity index (χ1n) is 13.3. The number of aromatic hydroxyl groups is 2. The first-order chi connectivity index (χ1) is 21.0. The van der Waals surface area contributed by atoms with Crippen LogP contribution in [0.25, 0.3) is 55.6 Å². The number of aromatic nitrogens is 7. The molecule has 8 rings (SSSR count). The van der Waals surface area contributed by atoms with Crippen molar-refractivity contribution in [3.63, 3.8) is 0 Å². The van der Waals surface area contributed by atoms with Crippen molar-refractivity contribution < 1.29 is 10.2 Å². The van der Waals surface area contributed by atoms with Gasteiger partial charge < -0.3 is 10.2 Å². The fourth-order valence-electron chi connectivity index (χ4n) is 4.85. The minimum atomic E-state index is 0.244. The van der Waals surface area contributed by atoms with Crippen molar-refractivity contribution in [1.82, 2.24) is 34.2 Å². The van der Waals surface area contributed by atoms with Crippen LogP contribution < -0.4 is 0 Å². The molecule has 3 aromatic carbocycles. The standard InChI is InChI=1S/C21H14N4O.C12H8BrN3O/c26-16-8-6-14(7-9-16)15-11-23-21-19(12-24-25(21)13-15)17-3-1-5-20-18(17)4-2-10-22-20;13-11-6-15-16-7-9(5-14-12(11)16)8-1-3-10(17)4-2-8/h1-13,26H;1-7,17H. The second kappa shape index (κ2) is 11.0. The van der Waals surface area contributed by atoms with Crippen molar-refractivity contribution in [3.05, 3.63) is 127 Å². The van der Waals surface area contributed by atoms with Crippen LogP contribution in [-0.2, 0) is 0 Å². The number of fused-ring (bicyclic) bond motifs is 3. The number of nitrogens with zero attached hydrogens (tertiary/aromatic N) is 7. The number of pyridine rings is 1. The molecule has 0 radical (unpaired) electrons. The molecule has 0 spiro atoms. The molecule has 0 atom stereocenters. The van der Waals surface area contributed by atoms with Crippen LogP contribution >= 0.6 is 15.9 Å². The Kier molecular flexibility index (Phi) is 6.72. The average Bonchev–Trinajstić information content (AvgIpc) is 3.64. The van der Waals surface area contributed by atoms with Gasteiger partial charge in [0, 0.05) is 53.1 Å². The molecule has 0 bridgehead atoms. The maximum Gasteiger partial charge on any atom is 0.169 e. The highest BCUT2D eigenvalue weighted by atomic mass is 79.9. The highest BCUT2D eigenvalue weighted by molar-refractivity contribution is 9.10. The Morgan fingerprint density at radius 1 is 0.535 bits per heavy atom. The van der Waals surface area contributed by atoms with Gasteiger partial charge in [-0.3, -0.25) is 4.98 Å². The molecule has 9 nitrogen and oxygen atoms in total. The molecule has 0 aliphatic rings. The zero-order chi connectivity index (χ0) is 29.3. The Morgan fingerprint density at radius 2 is 1.14 bits per heavy atom. The van der Waals surface area contributed by atoms with Crippen LogP contribution in [0.2, 0.25) is 0 Å². The summed E-state index contributed by atoms with van der Waals surface area (Å²) in [6.07, 6.45) is 12.8. The average molecular weight is 628 g/mol. The maximum atomic E-state index is 9.45. The van der Waals surface area contributed by atoms with Gasteiger partial charge in [-0.25, -0.2) is 19.0 Å². The maximum absolute atomic E-state index is 9.45. The van der Waals surface area contributed by atoms with Gasteiger partial charge in [-0.15, -0.1) is 0 Å². The number of halogens is 1. The first-order valence-corrected chi connectivity index (χ1v) is 14.1. The zero-order valence-corrected chi connectivity index (χ0v) is 24.0. The smallest absolute Gasteiger partial charge is 0.169 e. The van der Waals surface area contributed by atoms with Gasteiger partial charge in [-0.2, -0.15) is 10.2 Å². The van der Waals surface area contributed by atoms with E-state index in [9.17, 15) is 10.2 Å². The number of hydrogen-bond acceptors (Lipinski definition) is 7. The summed E-state index contributed by atoms with van der Waals surface area (Å²) in [5, 5.41) is 28.4. The van der Waals surface area contributed by atoms with E-state index in [1.807, 2.05) is 67.3 Å². The molecule has 0 saturated heterocycles. The largest absolute Gasteiger partial charge is 0.508 e. The van der Waals surface area contributed by atoms with Crippen LogP contribution in [0.15, 0.2) is 127 Å². The molecule has 0 aliphatic heterocycles. The van der Waals surface area contributed by atoms with E-state index in [-0.39, 0.29) is 11.5 Å². The van der Waals surface area contributed by atoms with Crippen LogP contribution in [-0.4, -0.2) is 44.4 Å². The third-order valence-corrected chi connectivity index (χ3v) is 7.57. The molecule has 0 unspecified atom stereocenters. The normalized spacial score (nSPS) is 11.1. The Morgan fingerprint density at radius 3 is 1.81 bits per heavy atom. The van der Waals surface area contributed by atoms with Crippen LogP contribution in [0.5, 0.6) is 11.5 Å². The predicted molar refractivity (Wildman–Crippen MR) is 169 cm³/mol. The molecule has 5 heterocycles. The van der Waals surface area contributed by atoms with E-state index in [1.54, 1.807) is 51.9 Å². The number of phenols is 2. The molecule has 0 saturated carbocycles. The van der Waals surface area contributed by atoms with Gasteiger partial charge in [0.15, 0.2) is 11.3 Å². The fourth-order valence-corrected chi connectivity index (χ4v) is 5.23. The van der Waals surface area contributed by atoms with E-state index in [0.717, 1.165) is 60.1 Å². The van der Waals surface area contributed by atoms with Crippen molar-refractivity contribution in [2.24, 2.45) is 0 Å². The summed E-state index contributed by atoms with van der Waals surface area (Å²) in [6.45, 7) is 0. The monoisotopic (exact) mass is 627 g/mol. The van der Waals surface area contributed by atoms with Crippen molar-refractivity contribution >= 4 is 38.1 Å². The molecular formula is C33H22BrN7O2. The van der Waals surface area contributed by atoms with Crippen LogP contribution in [0.1, 0.15) is 0 Å². The van der Waals surface area contributed by atoms with E-state index in [2.05, 4.69) is 53.2 Å². The lowest BCUT2D eigenvalue weighted by Gasteiger charge is -2.05. The lowest BCUT2D eigenvalue weighted by molar-refractivity contribution is 0.475. The Bertz CT molecular complexity index is 2220. The summed E-state index contributed by atoms with van der Waals surface area (Å²) in [7, 11) is 0. The minimum Gasteiger partial charge on any atom is -0.508 e. The highest BCUT2D eigenvalue weighted by Crippen LogP contribution is 2.31. The minimum absolute atomic E-state index is 0.244. The Labute approximate surface area is 253 Å². The number of benzene rings is 3. The molecule has 8 aromatic rings. The summed E-state index contributed by atoms with van der Waals surface area (Å²) >= 11 is 3.38. The second-order valence-corrected chi connectivity index (χ2v) is 10.6. The van der Waals surface area contributed by atoms with Crippen molar-refractivity contribution in [3.8, 4) is 44.9 Å². The summed E-state index contributed by atoms with van der Waals surface area (Å²) in [4.78, 5) is 13.4. The van der Waals surface area contributed by atoms with Gasteiger partial charge in [-0.05, 0) is 69.0 Å². The first kappa shape index (κ1) is 26.3. The molecule has 43 heavy (non-hydrogen) atoms. The van der Waals surface area contributed by atoms with Crippen molar-refractivity contribution in [2.75, 3.05) is 0 Å². The number of phenolic OH excluding ortho intramolecular Hbond substituents is 2. The molecule has 208 valence electrons. The van der Waals surface area contributed by atoms with Gasteiger partial charge >= 0.3 is 0 Å². The summed E-state index contributed by atoms with van der Waals surface area (Å²) in [6, 6.07) is 24.1. The summed E-state index contributed by atoms with van der Waals surface area (Å²) < 4.78 is 4.37. The topological polar surface area (TPSA) is 114 Å². The zero-order valence-electron chi connectivity index (χ0n) is 22.4. The van der Waals surface area contributed by atoms with Gasteiger partial charge in [0.05, 0.1) is 22.4 Å². The molecule has 5 aromatic heterocycles. The molecule has 2 N–H and O–H groups in total. The van der Waals surface area contributed by atoms with Gasteiger partial charge in [0.1, 0.15) is 11.5 Å². The van der Waals surface area contributed by atoms with Crippen LogP contribution in [0.4, 0.5) is 0 Å². The molecule has 10 heteroatoms. The van der Waals surface area contributed by atoms with E-state index in [4.69, 9.17) is 0 Å². The lowest BCUT2D eigenvalue weighted by Crippen LogP contribution is -1.92.